The van der Waals surface area contributed by atoms with Crippen LogP contribution in [0.1, 0.15) is 0 Å². The summed E-state index contributed by atoms with van der Waals surface area (Å²) in [5.41, 5.74) is -1.59. The molecule has 0 spiro atoms. The van der Waals surface area contributed by atoms with Crippen molar-refractivity contribution >= 4 is 33.4 Å². The number of rotatable bonds is 5. The number of nitro benzene ring substituents is 1. The van der Waals surface area contributed by atoms with Gasteiger partial charge in [0.05, 0.1) is 31.3 Å². The van der Waals surface area contributed by atoms with Crippen molar-refractivity contribution in [3.8, 4) is 0 Å². The van der Waals surface area contributed by atoms with E-state index in [-0.39, 0.29) is 30.3 Å². The standard InChI is InChI=1S/C14H14N2O10S/c1-24-13(17)9-6-26-7-15(12(9)14(18)25-2)10-4-3-8(27(21,22)23)5-11(10)16(19)20/h3-5H,6-7H2,1-2H3,(H,21,22,23). The van der Waals surface area contributed by atoms with E-state index in [0.717, 1.165) is 31.3 Å². The zero-order chi connectivity index (χ0) is 20.4. The molecule has 0 bridgehead atoms. The molecule has 0 unspecified atom stereocenters. The summed E-state index contributed by atoms with van der Waals surface area (Å²) in [6.45, 7) is -0.665. The van der Waals surface area contributed by atoms with E-state index in [9.17, 15) is 28.1 Å². The third-order valence-electron chi connectivity index (χ3n) is 3.57. The first-order chi connectivity index (χ1) is 12.6. The Bertz CT molecular complexity index is 937. The van der Waals surface area contributed by atoms with Gasteiger partial charge in [-0.1, -0.05) is 0 Å². The third kappa shape index (κ3) is 4.05. The van der Waals surface area contributed by atoms with Crippen LogP contribution in [-0.4, -0.2) is 57.4 Å². The lowest BCUT2D eigenvalue weighted by atomic mass is 10.1. The van der Waals surface area contributed by atoms with Gasteiger partial charge in [0.25, 0.3) is 15.8 Å². The predicted octanol–water partition coefficient (Wildman–Crippen LogP) is 0.236. The zero-order valence-corrected chi connectivity index (χ0v) is 14.9. The second-order valence-corrected chi connectivity index (χ2v) is 6.52. The Balaban J connectivity index is 2.72. The molecule has 0 saturated heterocycles. The molecule has 1 aliphatic rings. The van der Waals surface area contributed by atoms with Crippen LogP contribution in [0.4, 0.5) is 11.4 Å². The maximum Gasteiger partial charge on any atom is 0.355 e. The lowest BCUT2D eigenvalue weighted by Crippen LogP contribution is -2.39. The van der Waals surface area contributed by atoms with Gasteiger partial charge in [0, 0.05) is 6.07 Å². The zero-order valence-electron chi connectivity index (χ0n) is 14.1. The largest absolute Gasteiger partial charge is 0.466 e. The van der Waals surface area contributed by atoms with Gasteiger partial charge in [-0.05, 0) is 12.1 Å². The molecule has 0 aromatic heterocycles. The highest BCUT2D eigenvalue weighted by Gasteiger charge is 2.35. The third-order valence-corrected chi connectivity index (χ3v) is 4.41. The molecule has 12 nitrogen and oxygen atoms in total. The van der Waals surface area contributed by atoms with Crippen molar-refractivity contribution in [1.82, 2.24) is 0 Å². The molecule has 27 heavy (non-hydrogen) atoms. The van der Waals surface area contributed by atoms with Crippen molar-refractivity contribution in [2.75, 3.05) is 32.5 Å². The predicted molar refractivity (Wildman–Crippen MR) is 87.3 cm³/mol. The normalized spacial score (nSPS) is 14.7. The molecule has 0 aliphatic carbocycles. The quantitative estimate of drug-likeness (QED) is 0.310. The minimum absolute atomic E-state index is 0.233. The number of ether oxygens (including phenoxy) is 3. The first-order valence-corrected chi connectivity index (χ1v) is 8.56. The number of methoxy groups -OCH3 is 2. The van der Waals surface area contributed by atoms with Crippen molar-refractivity contribution in [2.24, 2.45) is 0 Å². The number of hydrogen-bond donors (Lipinski definition) is 1. The number of nitrogens with zero attached hydrogens (tertiary/aromatic N) is 2. The van der Waals surface area contributed by atoms with E-state index >= 15 is 0 Å². The topological polar surface area (TPSA) is 163 Å². The number of benzene rings is 1. The fourth-order valence-electron chi connectivity index (χ4n) is 2.37. The molecule has 0 saturated carbocycles. The maximum atomic E-state index is 12.2. The summed E-state index contributed by atoms with van der Waals surface area (Å²) in [5, 5.41) is 11.4. The molecule has 0 radical (unpaired) electrons. The smallest absolute Gasteiger partial charge is 0.355 e. The van der Waals surface area contributed by atoms with Gasteiger partial charge in [0.2, 0.25) is 0 Å². The molecular formula is C14H14N2O10S. The van der Waals surface area contributed by atoms with Gasteiger partial charge in [-0.3, -0.25) is 14.7 Å². The van der Waals surface area contributed by atoms with Gasteiger partial charge in [0.1, 0.15) is 23.0 Å². The molecule has 1 aliphatic heterocycles. The highest BCUT2D eigenvalue weighted by Crippen LogP contribution is 2.35. The van der Waals surface area contributed by atoms with Crippen LogP contribution in [0.15, 0.2) is 34.4 Å². The van der Waals surface area contributed by atoms with E-state index in [1.807, 2.05) is 0 Å². The highest BCUT2D eigenvalue weighted by atomic mass is 32.2. The van der Waals surface area contributed by atoms with Crippen molar-refractivity contribution in [3.05, 3.63) is 39.6 Å². The summed E-state index contributed by atoms with van der Waals surface area (Å²) in [7, 11) is -2.58. The second kappa shape index (κ2) is 7.69. The van der Waals surface area contributed by atoms with Crippen molar-refractivity contribution < 1.29 is 41.7 Å². The summed E-state index contributed by atoms with van der Waals surface area (Å²) >= 11 is 0. The average molecular weight is 402 g/mol. The van der Waals surface area contributed by atoms with Crippen LogP contribution >= 0.6 is 0 Å². The van der Waals surface area contributed by atoms with Crippen LogP contribution in [0, 0.1) is 10.1 Å². The highest BCUT2D eigenvalue weighted by molar-refractivity contribution is 7.85. The Morgan fingerprint density at radius 3 is 2.41 bits per heavy atom. The molecular weight excluding hydrogens is 388 g/mol. The fourth-order valence-corrected chi connectivity index (χ4v) is 2.87. The Hall–Kier alpha value is -3.03. The lowest BCUT2D eigenvalue weighted by molar-refractivity contribution is -0.384. The van der Waals surface area contributed by atoms with Crippen molar-refractivity contribution in [2.45, 2.75) is 4.90 Å². The monoisotopic (exact) mass is 402 g/mol. The van der Waals surface area contributed by atoms with Crippen LogP contribution in [0.25, 0.3) is 0 Å². The molecule has 0 amide bonds. The van der Waals surface area contributed by atoms with Gasteiger partial charge >= 0.3 is 11.9 Å². The van der Waals surface area contributed by atoms with E-state index in [2.05, 4.69) is 9.47 Å². The first-order valence-electron chi connectivity index (χ1n) is 7.12. The minimum atomic E-state index is -4.70. The SMILES string of the molecule is COC(=O)C1=C(C(=O)OC)N(c2ccc(S(=O)(=O)O)cc2[N+](=O)[O-])COC1. The number of hydrogen-bond acceptors (Lipinski definition) is 10. The maximum absolute atomic E-state index is 12.2. The molecule has 1 N–H and O–H groups in total. The summed E-state index contributed by atoms with van der Waals surface area (Å²) in [4.78, 5) is 34.9. The van der Waals surface area contributed by atoms with Gasteiger partial charge in [-0.25, -0.2) is 9.59 Å². The summed E-state index contributed by atoms with van der Waals surface area (Å²) < 4.78 is 46.0. The average Bonchev–Trinajstić information content (AvgIpc) is 2.64. The van der Waals surface area contributed by atoms with E-state index in [1.165, 1.54) is 0 Å². The van der Waals surface area contributed by atoms with E-state index < -0.39 is 37.6 Å². The molecule has 146 valence electrons. The molecule has 2 rings (SSSR count). The minimum Gasteiger partial charge on any atom is -0.466 e. The fraction of sp³-hybridized carbons (Fsp3) is 0.286. The molecule has 13 heteroatoms. The number of anilines is 1. The van der Waals surface area contributed by atoms with Crippen molar-refractivity contribution in [3.63, 3.8) is 0 Å². The molecule has 0 fully saturated rings. The van der Waals surface area contributed by atoms with Crippen LogP contribution in [-0.2, 0) is 33.9 Å². The number of esters is 2. The number of carbonyl (C=O) groups excluding carboxylic acids is 2. The molecule has 1 aromatic rings. The lowest BCUT2D eigenvalue weighted by Gasteiger charge is -2.30. The molecule has 1 aromatic carbocycles. The molecule has 0 atom stereocenters. The van der Waals surface area contributed by atoms with Crippen LogP contribution in [0.3, 0.4) is 0 Å². The van der Waals surface area contributed by atoms with Crippen LogP contribution in [0.5, 0.6) is 0 Å². The first kappa shape index (κ1) is 20.3. The van der Waals surface area contributed by atoms with Crippen LogP contribution in [0.2, 0.25) is 0 Å². The Morgan fingerprint density at radius 1 is 1.26 bits per heavy atom. The van der Waals surface area contributed by atoms with Gasteiger partial charge in [0.15, 0.2) is 0 Å². The second-order valence-electron chi connectivity index (χ2n) is 5.10. The summed E-state index contributed by atoms with van der Waals surface area (Å²) in [6.07, 6.45) is 0. The Labute approximate surface area is 152 Å². The van der Waals surface area contributed by atoms with Gasteiger partial charge < -0.3 is 19.1 Å². The Morgan fingerprint density at radius 2 is 1.89 bits per heavy atom. The van der Waals surface area contributed by atoms with E-state index in [4.69, 9.17) is 9.29 Å². The number of nitro groups is 1. The van der Waals surface area contributed by atoms with Gasteiger partial charge in [-0.2, -0.15) is 8.42 Å². The van der Waals surface area contributed by atoms with Crippen molar-refractivity contribution in [1.29, 1.82) is 0 Å². The summed E-state index contributed by atoms with van der Waals surface area (Å²) in [6, 6.07) is 2.51. The Kier molecular flexibility index (Phi) is 5.78. The number of carbonyl (C=O) groups is 2. The van der Waals surface area contributed by atoms with Gasteiger partial charge in [-0.15, -0.1) is 0 Å². The van der Waals surface area contributed by atoms with E-state index in [0.29, 0.717) is 6.07 Å². The molecule has 1 heterocycles. The summed E-state index contributed by atoms with van der Waals surface area (Å²) in [5.74, 6) is -1.89. The van der Waals surface area contributed by atoms with Crippen LogP contribution < -0.4 is 4.90 Å². The van der Waals surface area contributed by atoms with E-state index in [1.54, 1.807) is 0 Å².